The van der Waals surface area contributed by atoms with Gasteiger partial charge in [-0.05, 0) is 37.5 Å². The van der Waals surface area contributed by atoms with Crippen LogP contribution in [0.4, 0.5) is 0 Å². The number of unbranched alkanes of at least 4 members (excludes halogenated alkanes) is 1. The Bertz CT molecular complexity index is 419. The monoisotopic (exact) mass is 246 g/mol. The Balaban J connectivity index is 2.66. The summed E-state index contributed by atoms with van der Waals surface area (Å²) in [4.78, 5) is 11.6. The lowest BCUT2D eigenvalue weighted by Gasteiger charge is -2.08. The minimum absolute atomic E-state index is 0.226. The highest BCUT2D eigenvalue weighted by Gasteiger charge is 2.04. The summed E-state index contributed by atoms with van der Waals surface area (Å²) >= 11 is 0. The fourth-order valence-corrected chi connectivity index (χ4v) is 1.90. The molecular formula is C16H22O2. The van der Waals surface area contributed by atoms with E-state index in [0.29, 0.717) is 6.42 Å². The molecule has 0 bridgehead atoms. The number of ether oxygens (including phenoxy) is 1. The lowest BCUT2D eigenvalue weighted by atomic mass is 10.0. The van der Waals surface area contributed by atoms with Crippen molar-refractivity contribution in [3.63, 3.8) is 0 Å². The predicted octanol–water partition coefficient (Wildman–Crippen LogP) is 3.94. The number of benzene rings is 1. The van der Waals surface area contributed by atoms with Gasteiger partial charge in [0.05, 0.1) is 7.11 Å². The maximum atomic E-state index is 11.6. The van der Waals surface area contributed by atoms with Crippen LogP contribution in [0.2, 0.25) is 0 Å². The minimum atomic E-state index is 0.226. The van der Waals surface area contributed by atoms with E-state index in [1.807, 2.05) is 31.2 Å². The molecule has 0 saturated heterocycles. The zero-order chi connectivity index (χ0) is 13.4. The standard InChI is InChI=1S/C16H22O2/c1-4-5-9-15(17)12-13(2)11-14-8-6-7-10-16(14)18-3/h6-8,10,12H,4-5,9,11H2,1-3H3/b13-12-. The van der Waals surface area contributed by atoms with E-state index in [9.17, 15) is 4.79 Å². The van der Waals surface area contributed by atoms with Gasteiger partial charge in [0.1, 0.15) is 5.75 Å². The first-order valence-corrected chi connectivity index (χ1v) is 6.49. The number of hydrogen-bond acceptors (Lipinski definition) is 2. The van der Waals surface area contributed by atoms with E-state index in [2.05, 4.69) is 6.92 Å². The van der Waals surface area contributed by atoms with Gasteiger partial charge in [0.15, 0.2) is 5.78 Å². The number of hydrogen-bond donors (Lipinski definition) is 0. The number of rotatable bonds is 7. The molecule has 0 unspecified atom stereocenters. The first kappa shape index (κ1) is 14.5. The van der Waals surface area contributed by atoms with Crippen molar-refractivity contribution in [3.8, 4) is 5.75 Å². The molecule has 0 atom stereocenters. The number of ketones is 1. The molecule has 0 amide bonds. The topological polar surface area (TPSA) is 26.3 Å². The summed E-state index contributed by atoms with van der Waals surface area (Å²) in [5, 5.41) is 0. The zero-order valence-corrected chi connectivity index (χ0v) is 11.5. The molecule has 0 aliphatic carbocycles. The van der Waals surface area contributed by atoms with E-state index in [0.717, 1.165) is 36.1 Å². The van der Waals surface area contributed by atoms with Gasteiger partial charge in [-0.2, -0.15) is 0 Å². The summed E-state index contributed by atoms with van der Waals surface area (Å²) in [5.74, 6) is 1.11. The highest BCUT2D eigenvalue weighted by atomic mass is 16.5. The van der Waals surface area contributed by atoms with Crippen LogP contribution in [0, 0.1) is 0 Å². The first-order chi connectivity index (χ1) is 8.67. The second kappa shape index (κ2) is 7.70. The lowest BCUT2D eigenvalue weighted by Crippen LogP contribution is -1.97. The lowest BCUT2D eigenvalue weighted by molar-refractivity contribution is -0.114. The molecule has 0 spiro atoms. The minimum Gasteiger partial charge on any atom is -0.496 e. The van der Waals surface area contributed by atoms with Gasteiger partial charge in [0.2, 0.25) is 0 Å². The average molecular weight is 246 g/mol. The third-order valence-corrected chi connectivity index (χ3v) is 2.85. The maximum Gasteiger partial charge on any atom is 0.155 e. The number of carbonyl (C=O) groups is 1. The summed E-state index contributed by atoms with van der Waals surface area (Å²) in [6, 6.07) is 7.92. The van der Waals surface area contributed by atoms with Crippen molar-refractivity contribution >= 4 is 5.78 Å². The largest absolute Gasteiger partial charge is 0.496 e. The summed E-state index contributed by atoms with van der Waals surface area (Å²) in [5.41, 5.74) is 2.21. The Kier molecular flexibility index (Phi) is 6.20. The number of allylic oxidation sites excluding steroid dienone is 2. The molecule has 0 aromatic heterocycles. The van der Waals surface area contributed by atoms with Crippen molar-refractivity contribution in [1.82, 2.24) is 0 Å². The van der Waals surface area contributed by atoms with Crippen molar-refractivity contribution in [2.75, 3.05) is 7.11 Å². The SMILES string of the molecule is CCCCC(=O)/C=C(/C)Cc1ccccc1OC. The fourth-order valence-electron chi connectivity index (χ4n) is 1.90. The van der Waals surface area contributed by atoms with E-state index in [1.54, 1.807) is 13.2 Å². The van der Waals surface area contributed by atoms with Crippen LogP contribution in [0.3, 0.4) is 0 Å². The molecule has 0 heterocycles. The van der Waals surface area contributed by atoms with Gasteiger partial charge in [0, 0.05) is 6.42 Å². The Morgan fingerprint density at radius 2 is 2.06 bits per heavy atom. The highest BCUT2D eigenvalue weighted by molar-refractivity contribution is 5.90. The normalized spacial score (nSPS) is 11.4. The second-order valence-electron chi connectivity index (χ2n) is 4.55. The third-order valence-electron chi connectivity index (χ3n) is 2.85. The number of para-hydroxylation sites is 1. The smallest absolute Gasteiger partial charge is 0.155 e. The van der Waals surface area contributed by atoms with Crippen LogP contribution in [-0.4, -0.2) is 12.9 Å². The molecule has 2 heteroatoms. The van der Waals surface area contributed by atoms with Crippen molar-refractivity contribution in [2.45, 2.75) is 39.5 Å². The van der Waals surface area contributed by atoms with Gasteiger partial charge >= 0.3 is 0 Å². The zero-order valence-electron chi connectivity index (χ0n) is 11.5. The van der Waals surface area contributed by atoms with Gasteiger partial charge in [-0.1, -0.05) is 37.1 Å². The van der Waals surface area contributed by atoms with Gasteiger partial charge in [-0.25, -0.2) is 0 Å². The fraction of sp³-hybridized carbons (Fsp3) is 0.438. The van der Waals surface area contributed by atoms with Crippen LogP contribution in [0.25, 0.3) is 0 Å². The van der Waals surface area contributed by atoms with Crippen LogP contribution in [0.5, 0.6) is 5.75 Å². The van der Waals surface area contributed by atoms with Crippen LogP contribution < -0.4 is 4.74 Å². The number of carbonyl (C=O) groups excluding carboxylic acids is 1. The van der Waals surface area contributed by atoms with Crippen molar-refractivity contribution in [1.29, 1.82) is 0 Å². The highest BCUT2D eigenvalue weighted by Crippen LogP contribution is 2.20. The van der Waals surface area contributed by atoms with Gasteiger partial charge < -0.3 is 4.74 Å². The second-order valence-corrected chi connectivity index (χ2v) is 4.55. The Morgan fingerprint density at radius 3 is 2.72 bits per heavy atom. The van der Waals surface area contributed by atoms with Gasteiger partial charge in [0.25, 0.3) is 0 Å². The average Bonchev–Trinajstić information content (AvgIpc) is 2.36. The maximum absolute atomic E-state index is 11.6. The molecule has 1 rings (SSSR count). The summed E-state index contributed by atoms with van der Waals surface area (Å²) in [7, 11) is 1.67. The third kappa shape index (κ3) is 4.74. The van der Waals surface area contributed by atoms with Crippen molar-refractivity contribution < 1.29 is 9.53 Å². The quantitative estimate of drug-likeness (QED) is 0.681. The number of methoxy groups -OCH3 is 1. The van der Waals surface area contributed by atoms with Crippen LogP contribution in [0.15, 0.2) is 35.9 Å². The molecule has 0 radical (unpaired) electrons. The van der Waals surface area contributed by atoms with E-state index in [1.165, 1.54) is 0 Å². The van der Waals surface area contributed by atoms with E-state index < -0.39 is 0 Å². The van der Waals surface area contributed by atoms with Gasteiger partial charge in [-0.3, -0.25) is 4.79 Å². The van der Waals surface area contributed by atoms with E-state index in [-0.39, 0.29) is 5.78 Å². The van der Waals surface area contributed by atoms with Crippen LogP contribution in [-0.2, 0) is 11.2 Å². The van der Waals surface area contributed by atoms with Crippen LogP contribution in [0.1, 0.15) is 38.7 Å². The molecule has 98 valence electrons. The predicted molar refractivity (Wildman–Crippen MR) is 75.0 cm³/mol. The molecule has 0 aliphatic heterocycles. The molecule has 18 heavy (non-hydrogen) atoms. The Hall–Kier alpha value is -1.57. The summed E-state index contributed by atoms with van der Waals surface area (Å²) in [6.07, 6.45) is 5.21. The van der Waals surface area contributed by atoms with Crippen LogP contribution >= 0.6 is 0 Å². The molecule has 1 aromatic rings. The Labute approximate surface area is 110 Å². The molecule has 0 fully saturated rings. The molecule has 0 saturated carbocycles. The van der Waals surface area contributed by atoms with Crippen molar-refractivity contribution in [3.05, 3.63) is 41.5 Å². The summed E-state index contributed by atoms with van der Waals surface area (Å²) in [6.45, 7) is 4.09. The van der Waals surface area contributed by atoms with E-state index >= 15 is 0 Å². The van der Waals surface area contributed by atoms with E-state index in [4.69, 9.17) is 4.74 Å². The molecule has 0 N–H and O–H groups in total. The Morgan fingerprint density at radius 1 is 1.33 bits per heavy atom. The molecular weight excluding hydrogens is 224 g/mol. The molecule has 0 aliphatic rings. The molecule has 2 nitrogen and oxygen atoms in total. The van der Waals surface area contributed by atoms with Crippen molar-refractivity contribution in [2.24, 2.45) is 0 Å². The summed E-state index contributed by atoms with van der Waals surface area (Å²) < 4.78 is 5.30. The molecule has 1 aromatic carbocycles. The first-order valence-electron chi connectivity index (χ1n) is 6.49. The van der Waals surface area contributed by atoms with Gasteiger partial charge in [-0.15, -0.1) is 0 Å².